The second kappa shape index (κ2) is 6.91. The third-order valence-electron chi connectivity index (χ3n) is 3.11. The molecule has 0 unspecified atom stereocenters. The lowest BCUT2D eigenvalue weighted by Crippen LogP contribution is -2.43. The summed E-state index contributed by atoms with van der Waals surface area (Å²) in [5, 5.41) is 7.84. The van der Waals surface area contributed by atoms with Crippen molar-refractivity contribution in [1.82, 2.24) is 10.6 Å². The van der Waals surface area contributed by atoms with Gasteiger partial charge in [0.1, 0.15) is 0 Å². The number of hydrogen-bond acceptors (Lipinski definition) is 3. The zero-order valence-electron chi connectivity index (χ0n) is 12.4. The largest absolute Gasteiger partial charge is 0.379 e. The topological polar surface area (TPSA) is 50.4 Å². The van der Waals surface area contributed by atoms with Gasteiger partial charge in [-0.2, -0.15) is 0 Å². The number of ether oxygens (including phenoxy) is 1. The van der Waals surface area contributed by atoms with E-state index in [1.165, 1.54) is 10.4 Å². The third-order valence-corrected chi connectivity index (χ3v) is 4.13. The number of carbonyl (C=O) groups is 1. The van der Waals surface area contributed by atoms with Gasteiger partial charge >= 0.3 is 6.03 Å². The number of rotatable bonds is 6. The normalized spacial score (nSPS) is 13.1. The van der Waals surface area contributed by atoms with Crippen molar-refractivity contribution >= 4 is 17.4 Å². The second-order valence-electron chi connectivity index (χ2n) is 5.42. The monoisotopic (exact) mass is 284 g/mol. The van der Waals surface area contributed by atoms with E-state index in [0.717, 1.165) is 6.42 Å². The van der Waals surface area contributed by atoms with Crippen LogP contribution in [0.2, 0.25) is 0 Å². The van der Waals surface area contributed by atoms with Crippen molar-refractivity contribution < 1.29 is 9.53 Å². The fourth-order valence-corrected chi connectivity index (χ4v) is 2.74. The van der Waals surface area contributed by atoms with Crippen LogP contribution in [0.3, 0.4) is 0 Å². The van der Waals surface area contributed by atoms with Crippen molar-refractivity contribution in [2.24, 2.45) is 0 Å². The molecule has 0 saturated heterocycles. The molecule has 0 spiro atoms. The number of urea groups is 1. The van der Waals surface area contributed by atoms with Gasteiger partial charge < -0.3 is 15.4 Å². The first kappa shape index (κ1) is 16.0. The Hall–Kier alpha value is -1.07. The van der Waals surface area contributed by atoms with Crippen LogP contribution >= 0.6 is 11.3 Å². The molecule has 1 aromatic rings. The van der Waals surface area contributed by atoms with Gasteiger partial charge in [0.25, 0.3) is 0 Å². The molecule has 2 amide bonds. The number of thiophene rings is 1. The van der Waals surface area contributed by atoms with E-state index in [9.17, 15) is 4.79 Å². The van der Waals surface area contributed by atoms with Crippen molar-refractivity contribution in [3.8, 4) is 0 Å². The Morgan fingerprint density at radius 3 is 2.74 bits per heavy atom. The third kappa shape index (κ3) is 5.61. The molecule has 0 aliphatic carbocycles. The highest BCUT2D eigenvalue weighted by Crippen LogP contribution is 2.16. The van der Waals surface area contributed by atoms with Gasteiger partial charge in [-0.25, -0.2) is 4.79 Å². The van der Waals surface area contributed by atoms with E-state index in [0.29, 0.717) is 6.54 Å². The van der Waals surface area contributed by atoms with Crippen LogP contribution in [-0.2, 0) is 11.3 Å². The average Bonchev–Trinajstić information content (AvgIpc) is 2.71. The molecule has 0 saturated carbocycles. The summed E-state index contributed by atoms with van der Waals surface area (Å²) in [5.41, 5.74) is 0.996. The van der Waals surface area contributed by atoms with Crippen LogP contribution in [0, 0.1) is 6.92 Å². The lowest BCUT2D eigenvalue weighted by molar-refractivity contribution is 0.00950. The summed E-state index contributed by atoms with van der Waals surface area (Å²) < 4.78 is 5.35. The molecule has 1 atom stereocenters. The lowest BCUT2D eigenvalue weighted by atomic mass is 10.00. The van der Waals surface area contributed by atoms with Crippen LogP contribution in [-0.4, -0.2) is 24.8 Å². The molecule has 0 aliphatic heterocycles. The smallest absolute Gasteiger partial charge is 0.315 e. The van der Waals surface area contributed by atoms with E-state index in [-0.39, 0.29) is 17.7 Å². The molecule has 2 N–H and O–H groups in total. The number of nitrogens with one attached hydrogen (secondary N) is 2. The highest BCUT2D eigenvalue weighted by molar-refractivity contribution is 7.10. The standard InChI is InChI=1S/C14H24N2O2S/c1-10-6-7-19-12(10)9-15-13(17)16-11(2)8-14(3,4)18-5/h6-7,11H,8-9H2,1-5H3,(H2,15,16,17)/t11-/m0/s1. The molecule has 19 heavy (non-hydrogen) atoms. The molecule has 0 bridgehead atoms. The van der Waals surface area contributed by atoms with E-state index in [1.807, 2.05) is 26.2 Å². The minimum Gasteiger partial charge on any atom is -0.379 e. The van der Waals surface area contributed by atoms with E-state index in [1.54, 1.807) is 18.4 Å². The molecule has 5 heteroatoms. The van der Waals surface area contributed by atoms with Crippen LogP contribution in [0.5, 0.6) is 0 Å². The van der Waals surface area contributed by atoms with Gasteiger partial charge in [-0.1, -0.05) is 0 Å². The Morgan fingerprint density at radius 1 is 1.53 bits per heavy atom. The minimum atomic E-state index is -0.225. The molecule has 1 aromatic heterocycles. The molecular formula is C14H24N2O2S. The maximum atomic E-state index is 11.8. The molecule has 4 nitrogen and oxygen atoms in total. The van der Waals surface area contributed by atoms with Crippen LogP contribution in [0.4, 0.5) is 4.79 Å². The van der Waals surface area contributed by atoms with Crippen molar-refractivity contribution in [2.45, 2.75) is 52.3 Å². The maximum absolute atomic E-state index is 11.8. The van der Waals surface area contributed by atoms with Crippen LogP contribution < -0.4 is 10.6 Å². The van der Waals surface area contributed by atoms with Gasteiger partial charge in [0.15, 0.2) is 0 Å². The predicted molar refractivity (Wildman–Crippen MR) is 79.6 cm³/mol. The predicted octanol–water partition coefficient (Wildman–Crippen LogP) is 3.06. The van der Waals surface area contributed by atoms with Crippen molar-refractivity contribution in [2.75, 3.05) is 7.11 Å². The van der Waals surface area contributed by atoms with Gasteiger partial charge in [0, 0.05) is 18.0 Å². The van der Waals surface area contributed by atoms with Crippen molar-refractivity contribution in [3.05, 3.63) is 21.9 Å². The van der Waals surface area contributed by atoms with E-state index >= 15 is 0 Å². The summed E-state index contributed by atoms with van der Waals surface area (Å²) in [6.07, 6.45) is 0.773. The summed E-state index contributed by atoms with van der Waals surface area (Å²) in [4.78, 5) is 13.0. The van der Waals surface area contributed by atoms with Crippen molar-refractivity contribution in [1.29, 1.82) is 0 Å². The number of hydrogen-bond donors (Lipinski definition) is 2. The highest BCUT2D eigenvalue weighted by atomic mass is 32.1. The molecule has 0 aliphatic rings. The Kier molecular flexibility index (Phi) is 5.82. The second-order valence-corrected chi connectivity index (χ2v) is 6.42. The maximum Gasteiger partial charge on any atom is 0.315 e. The number of aryl methyl sites for hydroxylation is 1. The molecule has 1 heterocycles. The van der Waals surface area contributed by atoms with E-state index < -0.39 is 0 Å². The van der Waals surface area contributed by atoms with Gasteiger partial charge in [0.05, 0.1) is 12.1 Å². The highest BCUT2D eigenvalue weighted by Gasteiger charge is 2.21. The molecule has 0 radical (unpaired) electrons. The fourth-order valence-electron chi connectivity index (χ4n) is 1.89. The van der Waals surface area contributed by atoms with Crippen LogP contribution in [0.25, 0.3) is 0 Å². The summed E-state index contributed by atoms with van der Waals surface area (Å²) in [7, 11) is 1.69. The van der Waals surface area contributed by atoms with Crippen LogP contribution in [0.1, 0.15) is 37.6 Å². The zero-order chi connectivity index (χ0) is 14.5. The van der Waals surface area contributed by atoms with Gasteiger partial charge in [-0.15, -0.1) is 11.3 Å². The Morgan fingerprint density at radius 2 is 2.21 bits per heavy atom. The summed E-state index contributed by atoms with van der Waals surface area (Å²) in [5.74, 6) is 0. The van der Waals surface area contributed by atoms with E-state index in [4.69, 9.17) is 4.74 Å². The SMILES string of the molecule is COC(C)(C)C[C@H](C)NC(=O)NCc1sccc1C. The summed E-state index contributed by atoms with van der Waals surface area (Å²) >= 11 is 1.66. The summed E-state index contributed by atoms with van der Waals surface area (Å²) in [6, 6.07) is 2.00. The lowest BCUT2D eigenvalue weighted by Gasteiger charge is -2.27. The average molecular weight is 284 g/mol. The quantitative estimate of drug-likeness (QED) is 0.843. The molecule has 0 aromatic carbocycles. The first-order valence-electron chi connectivity index (χ1n) is 6.46. The summed E-state index contributed by atoms with van der Waals surface area (Å²) in [6.45, 7) is 8.64. The molecule has 108 valence electrons. The van der Waals surface area contributed by atoms with Gasteiger partial charge in [-0.3, -0.25) is 0 Å². The Bertz CT molecular complexity index is 415. The fraction of sp³-hybridized carbons (Fsp3) is 0.643. The molecular weight excluding hydrogens is 260 g/mol. The van der Waals surface area contributed by atoms with Crippen LogP contribution in [0.15, 0.2) is 11.4 Å². The van der Waals surface area contributed by atoms with Crippen molar-refractivity contribution in [3.63, 3.8) is 0 Å². The van der Waals surface area contributed by atoms with Gasteiger partial charge in [-0.05, 0) is 51.1 Å². The number of methoxy groups -OCH3 is 1. The minimum absolute atomic E-state index is 0.0689. The number of carbonyl (C=O) groups excluding carboxylic acids is 1. The van der Waals surface area contributed by atoms with E-state index in [2.05, 4.69) is 23.6 Å². The molecule has 0 fully saturated rings. The Balaban J connectivity index is 2.33. The Labute approximate surface area is 119 Å². The first-order chi connectivity index (χ1) is 8.84. The van der Waals surface area contributed by atoms with Gasteiger partial charge in [0.2, 0.25) is 0 Å². The number of amides is 2. The molecule has 1 rings (SSSR count). The first-order valence-corrected chi connectivity index (χ1v) is 7.34. The zero-order valence-corrected chi connectivity index (χ0v) is 13.2.